The van der Waals surface area contributed by atoms with Gasteiger partial charge < -0.3 is 20.3 Å². The molecule has 0 aliphatic heterocycles. The third-order valence-electron chi connectivity index (χ3n) is 17.0. The molecule has 1 unspecified atom stereocenters. The van der Waals surface area contributed by atoms with Gasteiger partial charge in [-0.05, 0) is 136 Å². The highest BCUT2D eigenvalue weighted by molar-refractivity contribution is 6.00. The molecule has 0 bridgehead atoms. The minimum atomic E-state index is -1.15. The van der Waals surface area contributed by atoms with Crippen LogP contribution in [0.25, 0.3) is 0 Å². The molecule has 6 aliphatic rings. The zero-order chi connectivity index (χ0) is 37.4. The first kappa shape index (κ1) is 39.0. The van der Waals surface area contributed by atoms with Crippen LogP contribution in [0.5, 0.6) is 0 Å². The second kappa shape index (κ2) is 13.5. The largest absolute Gasteiger partial charge is 0.481 e. The first-order chi connectivity index (χ1) is 23.7. The van der Waals surface area contributed by atoms with E-state index >= 15 is 0 Å². The van der Waals surface area contributed by atoms with Gasteiger partial charge in [-0.3, -0.25) is 14.4 Å². The fourth-order valence-corrected chi connectivity index (χ4v) is 13.9. The molecule has 7 nitrogen and oxygen atoms in total. The summed E-state index contributed by atoms with van der Waals surface area (Å²) in [6.07, 6.45) is 14.2. The number of hydrogen-bond acceptors (Lipinski definition) is 6. The highest BCUT2D eigenvalue weighted by atomic mass is 16.5. The lowest BCUT2D eigenvalue weighted by atomic mass is 9.33. The van der Waals surface area contributed by atoms with Crippen molar-refractivity contribution in [3.8, 4) is 0 Å². The number of carboxylic acids is 1. The molecule has 0 aromatic carbocycles. The van der Waals surface area contributed by atoms with E-state index in [9.17, 15) is 24.6 Å². The van der Waals surface area contributed by atoms with Crippen molar-refractivity contribution in [3.63, 3.8) is 0 Å². The zero-order valence-electron chi connectivity index (χ0n) is 33.6. The molecule has 51 heavy (non-hydrogen) atoms. The number of esters is 1. The lowest BCUT2D eigenvalue weighted by molar-refractivity contribution is -0.235. The van der Waals surface area contributed by atoms with E-state index in [2.05, 4.69) is 53.8 Å². The van der Waals surface area contributed by atoms with Crippen molar-refractivity contribution in [1.29, 1.82) is 0 Å². The number of aliphatic hydroxyl groups excluding tert-OH is 1. The number of carboxylic acid groups (broad SMARTS) is 1. The Balaban J connectivity index is 1.25. The van der Waals surface area contributed by atoms with E-state index in [0.29, 0.717) is 36.6 Å². The molecule has 6 aliphatic carbocycles. The van der Waals surface area contributed by atoms with Gasteiger partial charge in [0.1, 0.15) is 6.10 Å². The number of nitrogens with one attached hydrogen (secondary N) is 1. The minimum Gasteiger partial charge on any atom is -0.481 e. The van der Waals surface area contributed by atoms with Crippen LogP contribution >= 0.6 is 0 Å². The van der Waals surface area contributed by atoms with Crippen molar-refractivity contribution in [2.24, 2.45) is 62.1 Å². The van der Waals surface area contributed by atoms with Crippen LogP contribution in [0.1, 0.15) is 159 Å². The fraction of sp³-hybridized carbons (Fsp3) is 0.886. The summed E-state index contributed by atoms with van der Waals surface area (Å²) in [4.78, 5) is 38.9. The van der Waals surface area contributed by atoms with E-state index in [1.54, 1.807) is 13.8 Å². The molecular formula is C44H71NO6. The summed E-state index contributed by atoms with van der Waals surface area (Å²) in [6, 6.07) is 0. The van der Waals surface area contributed by atoms with Gasteiger partial charge in [-0.25, -0.2) is 0 Å². The van der Waals surface area contributed by atoms with Gasteiger partial charge in [-0.2, -0.15) is 0 Å². The van der Waals surface area contributed by atoms with E-state index < -0.39 is 28.9 Å². The molecule has 0 spiro atoms. The lowest BCUT2D eigenvalue weighted by Gasteiger charge is -2.72. The van der Waals surface area contributed by atoms with Crippen LogP contribution in [0, 0.1) is 62.1 Å². The lowest BCUT2D eigenvalue weighted by Crippen LogP contribution is -2.66. The summed E-state index contributed by atoms with van der Waals surface area (Å²) in [6.45, 7) is 21.3. The van der Waals surface area contributed by atoms with Crippen LogP contribution < -0.4 is 5.32 Å². The minimum absolute atomic E-state index is 0.0264. The standard InChI is InChI=1S/C44H71NO6/c1-27(2)36-30(46)23-44(33(47)26-45-25-28-13-11-10-12-14-28)22-21-42(8)29(37(36)44)15-16-32-41(7)19-18-34(51-35(48)24-39(3,4)38(49)50)40(5,6)31(41)17-20-43(32,42)9/h27-29,31-34,45,47H,10-26H2,1-9H3,(H,49,50)/t29-,31+,32-,33?,34+,41+,42-,43-,44+/m1/s1. The SMILES string of the molecule is CC(C)C1=C2[C@H]3CC[C@@H]4[C@@]5(C)CC[C@H](OC(=O)CC(C)(C)C(=O)O)C(C)(C)[C@@H]5CC[C@@]4(C)[C@]3(C)CC[C@@]2(C(O)CNCC2CCCCC2)CC1=O. The molecule has 9 atom stereocenters. The van der Waals surface area contributed by atoms with Crippen molar-refractivity contribution >= 4 is 17.7 Å². The molecule has 0 saturated heterocycles. The van der Waals surface area contributed by atoms with E-state index in [1.807, 2.05) is 0 Å². The maximum Gasteiger partial charge on any atom is 0.309 e. The van der Waals surface area contributed by atoms with Gasteiger partial charge >= 0.3 is 11.9 Å². The number of Topliss-reactive ketones (excluding diaryl/α,β-unsaturated/α-hetero) is 1. The van der Waals surface area contributed by atoms with Crippen LogP contribution in [0.4, 0.5) is 0 Å². The van der Waals surface area contributed by atoms with Crippen molar-refractivity contribution in [3.05, 3.63) is 11.1 Å². The van der Waals surface area contributed by atoms with Gasteiger partial charge in [0.2, 0.25) is 0 Å². The van der Waals surface area contributed by atoms with Crippen LogP contribution in [-0.2, 0) is 19.1 Å². The number of carbonyl (C=O) groups excluding carboxylic acids is 2. The number of aliphatic carboxylic acids is 1. The van der Waals surface area contributed by atoms with Crippen LogP contribution in [-0.4, -0.2) is 53.2 Å². The highest BCUT2D eigenvalue weighted by Gasteiger charge is 2.70. The van der Waals surface area contributed by atoms with E-state index in [1.165, 1.54) is 37.7 Å². The molecule has 7 heteroatoms. The van der Waals surface area contributed by atoms with Crippen molar-refractivity contribution in [2.45, 2.75) is 171 Å². The number of allylic oxidation sites excluding steroid dienone is 1. The Bertz CT molecular complexity index is 1410. The summed E-state index contributed by atoms with van der Waals surface area (Å²) in [5.74, 6) is 0.944. The number of ketones is 1. The van der Waals surface area contributed by atoms with Gasteiger partial charge in [-0.1, -0.05) is 73.3 Å². The molecule has 288 valence electrons. The van der Waals surface area contributed by atoms with E-state index in [4.69, 9.17) is 4.74 Å². The first-order valence-corrected chi connectivity index (χ1v) is 20.8. The average molecular weight is 710 g/mol. The highest BCUT2D eigenvalue weighted by Crippen LogP contribution is 2.77. The third kappa shape index (κ3) is 6.18. The van der Waals surface area contributed by atoms with Crippen molar-refractivity contribution in [2.75, 3.05) is 13.1 Å². The number of aliphatic hydroxyl groups is 1. The summed E-state index contributed by atoms with van der Waals surface area (Å²) in [5.41, 5.74) is 0.747. The van der Waals surface area contributed by atoms with Gasteiger partial charge in [0.05, 0.1) is 17.9 Å². The molecule has 3 N–H and O–H groups in total. The predicted octanol–water partition coefficient (Wildman–Crippen LogP) is 8.91. The molecule has 6 rings (SSSR count). The third-order valence-corrected chi connectivity index (χ3v) is 17.0. The Morgan fingerprint density at radius 2 is 1.57 bits per heavy atom. The van der Waals surface area contributed by atoms with Crippen molar-refractivity contribution in [1.82, 2.24) is 5.32 Å². The molecular weight excluding hydrogens is 638 g/mol. The van der Waals surface area contributed by atoms with E-state index in [-0.39, 0.29) is 45.9 Å². The maximum atomic E-state index is 14.0. The second-order valence-electron chi connectivity index (χ2n) is 20.7. The Morgan fingerprint density at radius 1 is 0.882 bits per heavy atom. The Kier molecular flexibility index (Phi) is 10.3. The average Bonchev–Trinajstić information content (AvgIpc) is 3.36. The molecule has 0 radical (unpaired) electrons. The Labute approximate surface area is 308 Å². The van der Waals surface area contributed by atoms with E-state index in [0.717, 1.165) is 63.5 Å². The smallest absolute Gasteiger partial charge is 0.309 e. The molecule has 0 aromatic heterocycles. The number of hydrogen-bond donors (Lipinski definition) is 3. The summed E-state index contributed by atoms with van der Waals surface area (Å²) < 4.78 is 6.17. The number of ether oxygens (including phenoxy) is 1. The quantitative estimate of drug-likeness (QED) is 0.194. The van der Waals surface area contributed by atoms with Crippen LogP contribution in [0.3, 0.4) is 0 Å². The summed E-state index contributed by atoms with van der Waals surface area (Å²) >= 11 is 0. The monoisotopic (exact) mass is 710 g/mol. The van der Waals surface area contributed by atoms with Gasteiger partial charge in [0.15, 0.2) is 5.78 Å². The molecule has 0 heterocycles. The topological polar surface area (TPSA) is 113 Å². The number of fused-ring (bicyclic) bond motifs is 7. The zero-order valence-corrected chi connectivity index (χ0v) is 33.6. The Morgan fingerprint density at radius 3 is 2.22 bits per heavy atom. The Hall–Kier alpha value is -1.73. The summed E-state index contributed by atoms with van der Waals surface area (Å²) in [7, 11) is 0. The van der Waals surface area contributed by atoms with Gasteiger partial charge in [0.25, 0.3) is 0 Å². The first-order valence-electron chi connectivity index (χ1n) is 20.8. The predicted molar refractivity (Wildman–Crippen MR) is 201 cm³/mol. The fourth-order valence-electron chi connectivity index (χ4n) is 13.9. The second-order valence-corrected chi connectivity index (χ2v) is 20.7. The van der Waals surface area contributed by atoms with Gasteiger partial charge in [0, 0.05) is 23.8 Å². The normalized spacial score (nSPS) is 40.3. The van der Waals surface area contributed by atoms with Crippen LogP contribution in [0.15, 0.2) is 11.1 Å². The molecule has 5 fully saturated rings. The van der Waals surface area contributed by atoms with Gasteiger partial charge in [-0.15, -0.1) is 0 Å². The molecule has 0 aromatic rings. The molecule has 5 saturated carbocycles. The number of rotatable bonds is 10. The number of carbonyl (C=O) groups is 3. The van der Waals surface area contributed by atoms with Crippen molar-refractivity contribution < 1.29 is 29.3 Å². The summed E-state index contributed by atoms with van der Waals surface area (Å²) in [5, 5.41) is 25.5. The molecule has 0 amide bonds. The van der Waals surface area contributed by atoms with Crippen LogP contribution in [0.2, 0.25) is 0 Å². The maximum absolute atomic E-state index is 14.0.